The third kappa shape index (κ3) is 4.81. The number of rotatable bonds is 6. The molecule has 1 spiro atoms. The quantitative estimate of drug-likeness (QED) is 0.737. The zero-order chi connectivity index (χ0) is 21.0. The maximum atomic E-state index is 12.3. The van der Waals surface area contributed by atoms with Crippen LogP contribution in [0.25, 0.3) is 0 Å². The highest BCUT2D eigenvalue weighted by atomic mass is 16.2. The van der Waals surface area contributed by atoms with Gasteiger partial charge in [0.2, 0.25) is 0 Å². The van der Waals surface area contributed by atoms with E-state index < -0.39 is 0 Å². The molecule has 4 rings (SSSR count). The van der Waals surface area contributed by atoms with Crippen LogP contribution in [0.5, 0.6) is 0 Å². The third-order valence-corrected chi connectivity index (χ3v) is 6.53. The SMILES string of the molecule is CN(C)C(=O)c1cncc(N2CC[C@@]3(CCCN(CCCc4ccccc4)C3)C2)n1. The summed E-state index contributed by atoms with van der Waals surface area (Å²) >= 11 is 0. The number of likely N-dealkylation sites (tertiary alicyclic amines) is 1. The standard InChI is InChI=1S/C24H33N5O/c1-27(2)23(30)21-16-25-17-22(26-21)29-15-12-24(19-29)11-7-14-28(18-24)13-6-10-20-8-4-3-5-9-20/h3-5,8-9,16-17H,6-7,10-15,18-19H2,1-2H3/t24-/m1/s1. The fourth-order valence-electron chi connectivity index (χ4n) is 4.96. The number of carbonyl (C=O) groups excluding carboxylic acids is 1. The fourth-order valence-corrected chi connectivity index (χ4v) is 4.96. The molecule has 3 heterocycles. The number of piperidine rings is 1. The van der Waals surface area contributed by atoms with Gasteiger partial charge >= 0.3 is 0 Å². The molecule has 0 N–H and O–H groups in total. The van der Waals surface area contributed by atoms with E-state index in [9.17, 15) is 4.79 Å². The van der Waals surface area contributed by atoms with Crippen LogP contribution in [0.2, 0.25) is 0 Å². The topological polar surface area (TPSA) is 52.6 Å². The molecule has 6 nitrogen and oxygen atoms in total. The zero-order valence-corrected chi connectivity index (χ0v) is 18.3. The molecule has 1 amide bonds. The predicted octanol–water partition coefficient (Wildman–Crippen LogP) is 3.10. The van der Waals surface area contributed by atoms with Crippen LogP contribution in [0.15, 0.2) is 42.7 Å². The van der Waals surface area contributed by atoms with Crippen molar-refractivity contribution >= 4 is 11.7 Å². The highest BCUT2D eigenvalue weighted by molar-refractivity contribution is 5.91. The van der Waals surface area contributed by atoms with Gasteiger partial charge in [0.25, 0.3) is 5.91 Å². The van der Waals surface area contributed by atoms with Crippen LogP contribution >= 0.6 is 0 Å². The van der Waals surface area contributed by atoms with Gasteiger partial charge in [-0.3, -0.25) is 9.78 Å². The Balaban J connectivity index is 1.34. The highest BCUT2D eigenvalue weighted by Gasteiger charge is 2.41. The summed E-state index contributed by atoms with van der Waals surface area (Å²) in [6.45, 7) is 5.55. The lowest BCUT2D eigenvalue weighted by Crippen LogP contribution is -2.45. The van der Waals surface area contributed by atoms with E-state index in [-0.39, 0.29) is 5.91 Å². The summed E-state index contributed by atoms with van der Waals surface area (Å²) in [6.07, 6.45) is 9.46. The molecule has 1 aromatic carbocycles. The van der Waals surface area contributed by atoms with Gasteiger partial charge in [0, 0.05) is 39.1 Å². The Kier molecular flexibility index (Phi) is 6.32. The Hall–Kier alpha value is -2.47. The first-order valence-corrected chi connectivity index (χ1v) is 11.1. The van der Waals surface area contributed by atoms with E-state index in [1.807, 2.05) is 0 Å². The molecular weight excluding hydrogens is 374 g/mol. The van der Waals surface area contributed by atoms with E-state index in [0.717, 1.165) is 25.3 Å². The van der Waals surface area contributed by atoms with Crippen molar-refractivity contribution in [3.8, 4) is 0 Å². The van der Waals surface area contributed by atoms with E-state index in [2.05, 4.69) is 50.1 Å². The Morgan fingerprint density at radius 1 is 1.10 bits per heavy atom. The summed E-state index contributed by atoms with van der Waals surface area (Å²) in [5.41, 5.74) is 2.19. The van der Waals surface area contributed by atoms with Crippen molar-refractivity contribution in [2.45, 2.75) is 32.1 Å². The summed E-state index contributed by atoms with van der Waals surface area (Å²) in [7, 11) is 3.49. The average molecular weight is 408 g/mol. The van der Waals surface area contributed by atoms with Crippen LogP contribution in [0.3, 0.4) is 0 Å². The molecule has 2 fully saturated rings. The van der Waals surface area contributed by atoms with Gasteiger partial charge in [-0.25, -0.2) is 4.98 Å². The summed E-state index contributed by atoms with van der Waals surface area (Å²) < 4.78 is 0. The molecule has 2 aliphatic rings. The number of hydrogen-bond acceptors (Lipinski definition) is 5. The molecule has 0 bridgehead atoms. The van der Waals surface area contributed by atoms with E-state index >= 15 is 0 Å². The van der Waals surface area contributed by atoms with Gasteiger partial charge in [-0.1, -0.05) is 30.3 Å². The van der Waals surface area contributed by atoms with Crippen LogP contribution in [-0.2, 0) is 6.42 Å². The normalized spacial score (nSPS) is 21.9. The lowest BCUT2D eigenvalue weighted by Gasteiger charge is -2.40. The van der Waals surface area contributed by atoms with Crippen molar-refractivity contribution in [1.82, 2.24) is 19.8 Å². The first-order chi connectivity index (χ1) is 14.5. The second kappa shape index (κ2) is 9.13. The van der Waals surface area contributed by atoms with Crippen molar-refractivity contribution in [1.29, 1.82) is 0 Å². The molecule has 2 saturated heterocycles. The minimum absolute atomic E-state index is 0.0967. The number of carbonyl (C=O) groups is 1. The van der Waals surface area contributed by atoms with Gasteiger partial charge in [0.05, 0.1) is 12.4 Å². The first-order valence-electron chi connectivity index (χ1n) is 11.1. The Bertz CT molecular complexity index is 856. The number of aryl methyl sites for hydroxylation is 1. The molecule has 2 aliphatic heterocycles. The van der Waals surface area contributed by atoms with Gasteiger partial charge in [0.15, 0.2) is 0 Å². The molecule has 1 atom stereocenters. The van der Waals surface area contributed by atoms with Crippen LogP contribution < -0.4 is 4.90 Å². The molecular formula is C24H33N5O. The Morgan fingerprint density at radius 2 is 1.93 bits per heavy atom. The van der Waals surface area contributed by atoms with Gasteiger partial charge in [-0.05, 0) is 50.8 Å². The average Bonchev–Trinajstić information content (AvgIpc) is 3.17. The second-order valence-electron chi connectivity index (χ2n) is 9.10. The van der Waals surface area contributed by atoms with Crippen LogP contribution in [0.4, 0.5) is 5.82 Å². The van der Waals surface area contributed by atoms with E-state index in [1.54, 1.807) is 31.4 Å². The molecule has 2 aromatic rings. The summed E-state index contributed by atoms with van der Waals surface area (Å²) in [4.78, 5) is 27.7. The lowest BCUT2D eigenvalue weighted by atomic mass is 9.79. The smallest absolute Gasteiger partial charge is 0.273 e. The number of amides is 1. The zero-order valence-electron chi connectivity index (χ0n) is 18.3. The molecule has 0 saturated carbocycles. The first kappa shape index (κ1) is 20.8. The van der Waals surface area contributed by atoms with Crippen molar-refractivity contribution < 1.29 is 4.79 Å². The number of nitrogens with zero attached hydrogens (tertiary/aromatic N) is 5. The molecule has 0 radical (unpaired) electrons. The van der Waals surface area contributed by atoms with Crippen molar-refractivity contribution in [3.63, 3.8) is 0 Å². The maximum Gasteiger partial charge on any atom is 0.273 e. The van der Waals surface area contributed by atoms with E-state index in [4.69, 9.17) is 0 Å². The molecule has 1 aromatic heterocycles. The monoisotopic (exact) mass is 407 g/mol. The summed E-state index contributed by atoms with van der Waals surface area (Å²) in [6, 6.07) is 10.8. The Labute approximate surface area is 179 Å². The Morgan fingerprint density at radius 3 is 2.73 bits per heavy atom. The fraction of sp³-hybridized carbons (Fsp3) is 0.542. The van der Waals surface area contributed by atoms with Crippen molar-refractivity contribution in [2.24, 2.45) is 5.41 Å². The predicted molar refractivity (Wildman–Crippen MR) is 120 cm³/mol. The molecule has 0 aliphatic carbocycles. The number of anilines is 1. The van der Waals surface area contributed by atoms with Gasteiger partial charge in [-0.15, -0.1) is 0 Å². The highest BCUT2D eigenvalue weighted by Crippen LogP contribution is 2.40. The molecule has 160 valence electrons. The van der Waals surface area contributed by atoms with Crippen LogP contribution in [0, 0.1) is 5.41 Å². The number of hydrogen-bond donors (Lipinski definition) is 0. The van der Waals surface area contributed by atoms with Gasteiger partial charge < -0.3 is 14.7 Å². The van der Waals surface area contributed by atoms with Gasteiger partial charge in [-0.2, -0.15) is 0 Å². The minimum atomic E-state index is -0.0967. The largest absolute Gasteiger partial charge is 0.355 e. The van der Waals surface area contributed by atoms with Crippen LogP contribution in [0.1, 0.15) is 41.7 Å². The van der Waals surface area contributed by atoms with Gasteiger partial charge in [0.1, 0.15) is 11.5 Å². The number of aromatic nitrogens is 2. The maximum absolute atomic E-state index is 12.3. The second-order valence-corrected chi connectivity index (χ2v) is 9.10. The molecule has 30 heavy (non-hydrogen) atoms. The van der Waals surface area contributed by atoms with Crippen molar-refractivity contribution in [3.05, 3.63) is 54.0 Å². The lowest BCUT2D eigenvalue weighted by molar-refractivity contribution is 0.0821. The summed E-state index contributed by atoms with van der Waals surface area (Å²) in [5.74, 6) is 0.737. The minimum Gasteiger partial charge on any atom is -0.355 e. The summed E-state index contributed by atoms with van der Waals surface area (Å²) in [5, 5.41) is 0. The molecule has 0 unspecified atom stereocenters. The molecule has 6 heteroatoms. The van der Waals surface area contributed by atoms with E-state index in [0.29, 0.717) is 11.1 Å². The van der Waals surface area contributed by atoms with Crippen molar-refractivity contribution in [2.75, 3.05) is 51.7 Å². The van der Waals surface area contributed by atoms with E-state index in [1.165, 1.54) is 50.9 Å². The van der Waals surface area contributed by atoms with Crippen LogP contribution in [-0.4, -0.2) is 72.5 Å². The third-order valence-electron chi connectivity index (χ3n) is 6.53. The number of benzene rings is 1.